The number of hydrogen-bond acceptors (Lipinski definition) is 6. The standard InChI is InChI=1S/C19H21N5O3S/c1-11-16(24-19(21-11)28-12(2)22-24)9-20-18(26)13-8-17(25)23(10-13)14-4-6-15(27-3)7-5-14/h4-7,13H,8-10H2,1-3H3,(H,20,26)/t13-/m0/s1. The second-order valence-corrected chi connectivity index (χ2v) is 7.94. The van der Waals surface area contributed by atoms with Crippen LogP contribution in [0.1, 0.15) is 22.8 Å². The van der Waals surface area contributed by atoms with E-state index in [9.17, 15) is 9.59 Å². The summed E-state index contributed by atoms with van der Waals surface area (Å²) < 4.78 is 6.92. The number of nitrogens with one attached hydrogen (secondary N) is 1. The molecule has 3 heterocycles. The van der Waals surface area contributed by atoms with E-state index >= 15 is 0 Å². The number of aryl methyl sites for hydroxylation is 2. The normalized spacial score (nSPS) is 16.8. The largest absolute Gasteiger partial charge is 0.497 e. The van der Waals surface area contributed by atoms with Gasteiger partial charge in [-0.3, -0.25) is 9.59 Å². The van der Waals surface area contributed by atoms with Gasteiger partial charge in [-0.25, -0.2) is 9.50 Å². The highest BCUT2D eigenvalue weighted by atomic mass is 32.1. The van der Waals surface area contributed by atoms with Gasteiger partial charge in [-0.05, 0) is 38.1 Å². The molecule has 1 N–H and O–H groups in total. The van der Waals surface area contributed by atoms with Crippen molar-refractivity contribution in [2.75, 3.05) is 18.6 Å². The van der Waals surface area contributed by atoms with E-state index in [4.69, 9.17) is 4.74 Å². The number of methoxy groups -OCH3 is 1. The number of hydrogen-bond donors (Lipinski definition) is 1. The lowest BCUT2D eigenvalue weighted by Crippen LogP contribution is -2.33. The van der Waals surface area contributed by atoms with Crippen molar-refractivity contribution in [2.24, 2.45) is 5.92 Å². The van der Waals surface area contributed by atoms with Crippen LogP contribution in [0.2, 0.25) is 0 Å². The van der Waals surface area contributed by atoms with Gasteiger partial charge in [0.1, 0.15) is 10.8 Å². The molecule has 0 spiro atoms. The molecule has 0 saturated carbocycles. The van der Waals surface area contributed by atoms with Crippen LogP contribution >= 0.6 is 11.3 Å². The number of anilines is 1. The van der Waals surface area contributed by atoms with E-state index < -0.39 is 0 Å². The quantitative estimate of drug-likeness (QED) is 0.710. The van der Waals surface area contributed by atoms with E-state index in [-0.39, 0.29) is 24.2 Å². The maximum Gasteiger partial charge on any atom is 0.227 e. The number of ether oxygens (including phenoxy) is 1. The average molecular weight is 399 g/mol. The number of imidazole rings is 1. The zero-order chi connectivity index (χ0) is 19.8. The van der Waals surface area contributed by atoms with Gasteiger partial charge in [0.2, 0.25) is 16.8 Å². The van der Waals surface area contributed by atoms with Gasteiger partial charge in [-0.1, -0.05) is 11.3 Å². The van der Waals surface area contributed by atoms with Crippen LogP contribution in [0.3, 0.4) is 0 Å². The van der Waals surface area contributed by atoms with Crippen LogP contribution in [0.5, 0.6) is 5.75 Å². The molecule has 9 heteroatoms. The molecule has 1 aromatic carbocycles. The Morgan fingerprint density at radius 1 is 1.32 bits per heavy atom. The molecule has 4 rings (SSSR count). The average Bonchev–Trinajstić information content (AvgIpc) is 3.32. The molecule has 1 aliphatic heterocycles. The predicted molar refractivity (Wildman–Crippen MR) is 106 cm³/mol. The van der Waals surface area contributed by atoms with E-state index in [0.717, 1.165) is 32.8 Å². The first kappa shape index (κ1) is 18.4. The molecule has 0 bridgehead atoms. The molecule has 28 heavy (non-hydrogen) atoms. The molecular weight excluding hydrogens is 378 g/mol. The van der Waals surface area contributed by atoms with Crippen LogP contribution in [-0.2, 0) is 16.1 Å². The second-order valence-electron chi connectivity index (χ2n) is 6.78. The Labute approximate surface area is 166 Å². The summed E-state index contributed by atoms with van der Waals surface area (Å²) in [5.41, 5.74) is 2.48. The SMILES string of the molecule is COc1ccc(N2C[C@@H](C(=O)NCc3c(C)nc4sc(C)nn34)CC2=O)cc1. The van der Waals surface area contributed by atoms with Crippen molar-refractivity contribution in [1.29, 1.82) is 0 Å². The van der Waals surface area contributed by atoms with Crippen molar-refractivity contribution in [1.82, 2.24) is 19.9 Å². The van der Waals surface area contributed by atoms with Crippen LogP contribution in [0.25, 0.3) is 4.96 Å². The summed E-state index contributed by atoms with van der Waals surface area (Å²) >= 11 is 1.52. The number of amides is 2. The molecule has 3 aromatic rings. The Balaban J connectivity index is 1.42. The van der Waals surface area contributed by atoms with Gasteiger partial charge < -0.3 is 15.0 Å². The molecule has 146 valence electrons. The summed E-state index contributed by atoms with van der Waals surface area (Å²) in [7, 11) is 1.60. The molecule has 0 radical (unpaired) electrons. The van der Waals surface area contributed by atoms with Crippen molar-refractivity contribution in [3.63, 3.8) is 0 Å². The van der Waals surface area contributed by atoms with Crippen molar-refractivity contribution in [3.8, 4) is 5.75 Å². The number of fused-ring (bicyclic) bond motifs is 1. The first-order valence-electron chi connectivity index (χ1n) is 9.00. The van der Waals surface area contributed by atoms with Crippen LogP contribution in [-0.4, -0.2) is 40.1 Å². The minimum absolute atomic E-state index is 0.0524. The topological polar surface area (TPSA) is 88.8 Å². The number of carbonyl (C=O) groups excluding carboxylic acids is 2. The molecule has 1 atom stereocenters. The summed E-state index contributed by atoms with van der Waals surface area (Å²) in [6.07, 6.45) is 0.203. The molecule has 1 saturated heterocycles. The second kappa shape index (κ2) is 7.23. The molecular formula is C19H21N5O3S. The summed E-state index contributed by atoms with van der Waals surface area (Å²) in [5, 5.41) is 8.30. The molecule has 8 nitrogen and oxygen atoms in total. The maximum absolute atomic E-state index is 12.7. The highest BCUT2D eigenvalue weighted by Crippen LogP contribution is 2.27. The lowest BCUT2D eigenvalue weighted by atomic mass is 10.1. The first-order valence-corrected chi connectivity index (χ1v) is 9.81. The zero-order valence-electron chi connectivity index (χ0n) is 15.9. The van der Waals surface area contributed by atoms with Gasteiger partial charge in [-0.15, -0.1) is 0 Å². The smallest absolute Gasteiger partial charge is 0.227 e. The third kappa shape index (κ3) is 3.33. The molecule has 1 aliphatic rings. The molecule has 2 aromatic heterocycles. The van der Waals surface area contributed by atoms with Crippen LogP contribution in [0.4, 0.5) is 5.69 Å². The van der Waals surface area contributed by atoms with Crippen LogP contribution in [0.15, 0.2) is 24.3 Å². The fourth-order valence-electron chi connectivity index (χ4n) is 3.40. The third-order valence-corrected chi connectivity index (χ3v) is 5.73. The van der Waals surface area contributed by atoms with Crippen molar-refractivity contribution in [2.45, 2.75) is 26.8 Å². The fraction of sp³-hybridized carbons (Fsp3) is 0.368. The summed E-state index contributed by atoms with van der Waals surface area (Å²) in [4.78, 5) is 32.0. The van der Waals surface area contributed by atoms with Crippen LogP contribution in [0, 0.1) is 19.8 Å². The maximum atomic E-state index is 12.7. The summed E-state index contributed by atoms with van der Waals surface area (Å²) in [6.45, 7) is 4.54. The molecule has 2 amide bonds. The van der Waals surface area contributed by atoms with E-state index in [1.54, 1.807) is 28.7 Å². The Morgan fingerprint density at radius 2 is 2.07 bits per heavy atom. The zero-order valence-corrected chi connectivity index (χ0v) is 16.7. The van der Waals surface area contributed by atoms with E-state index in [0.29, 0.717) is 13.1 Å². The van der Waals surface area contributed by atoms with Gasteiger partial charge >= 0.3 is 0 Å². The Kier molecular flexibility index (Phi) is 4.76. The Bertz CT molecular complexity index is 1040. The summed E-state index contributed by atoms with van der Waals surface area (Å²) in [5.74, 6) is 0.161. The van der Waals surface area contributed by atoms with E-state index in [2.05, 4.69) is 15.4 Å². The molecule has 0 aliphatic carbocycles. The fourth-order valence-corrected chi connectivity index (χ4v) is 4.21. The minimum Gasteiger partial charge on any atom is -0.497 e. The number of rotatable bonds is 5. The number of aromatic nitrogens is 3. The van der Waals surface area contributed by atoms with Gasteiger partial charge in [0.15, 0.2) is 0 Å². The highest BCUT2D eigenvalue weighted by molar-refractivity contribution is 7.16. The van der Waals surface area contributed by atoms with Gasteiger partial charge in [-0.2, -0.15) is 5.10 Å². The number of nitrogens with zero attached hydrogens (tertiary/aromatic N) is 4. The number of benzene rings is 1. The van der Waals surface area contributed by atoms with Gasteiger partial charge in [0.25, 0.3) is 0 Å². The predicted octanol–water partition coefficient (Wildman–Crippen LogP) is 2.09. The Morgan fingerprint density at radius 3 is 2.79 bits per heavy atom. The summed E-state index contributed by atoms with van der Waals surface area (Å²) in [6, 6.07) is 7.26. The lowest BCUT2D eigenvalue weighted by molar-refractivity contribution is -0.126. The monoisotopic (exact) mass is 399 g/mol. The van der Waals surface area contributed by atoms with E-state index in [1.807, 2.05) is 26.0 Å². The molecule has 1 fully saturated rings. The third-order valence-electron chi connectivity index (χ3n) is 4.91. The van der Waals surface area contributed by atoms with Gasteiger partial charge in [0.05, 0.1) is 31.0 Å². The van der Waals surface area contributed by atoms with Crippen molar-refractivity contribution < 1.29 is 14.3 Å². The van der Waals surface area contributed by atoms with Crippen molar-refractivity contribution >= 4 is 33.8 Å². The minimum atomic E-state index is -0.379. The number of carbonyl (C=O) groups is 2. The Hall–Kier alpha value is -2.94. The van der Waals surface area contributed by atoms with Crippen LogP contribution < -0.4 is 15.0 Å². The van der Waals surface area contributed by atoms with Gasteiger partial charge in [0, 0.05) is 18.7 Å². The first-order chi connectivity index (χ1) is 13.5. The highest BCUT2D eigenvalue weighted by Gasteiger charge is 2.35. The van der Waals surface area contributed by atoms with E-state index in [1.165, 1.54) is 11.3 Å². The van der Waals surface area contributed by atoms with Crippen molar-refractivity contribution in [3.05, 3.63) is 40.7 Å². The molecule has 0 unspecified atom stereocenters. The lowest BCUT2D eigenvalue weighted by Gasteiger charge is -2.17.